The molecule has 0 aliphatic rings. The highest BCUT2D eigenvalue weighted by molar-refractivity contribution is 7.09. The molecule has 2 aromatic heterocycles. The molecule has 0 amide bonds. The van der Waals surface area contributed by atoms with E-state index in [1.165, 1.54) is 4.68 Å². The van der Waals surface area contributed by atoms with E-state index in [4.69, 9.17) is 11.6 Å². The van der Waals surface area contributed by atoms with Crippen LogP contribution in [0.3, 0.4) is 0 Å². The first kappa shape index (κ1) is 14.0. The fourth-order valence-electron chi connectivity index (χ4n) is 1.61. The Bertz CT molecular complexity index is 635. The Morgan fingerprint density at radius 1 is 1.53 bits per heavy atom. The smallest absolute Gasteiger partial charge is 0.287 e. The van der Waals surface area contributed by atoms with Crippen LogP contribution in [0.4, 0.5) is 5.69 Å². The number of anilines is 1. The minimum atomic E-state index is -0.281. The SMILES string of the molecule is Cc1nc(CNc2cnn(C(C)C)c(=O)c2Cl)cs1. The molecule has 0 aliphatic carbocycles. The normalized spacial score (nSPS) is 11.0. The van der Waals surface area contributed by atoms with Crippen LogP contribution >= 0.6 is 22.9 Å². The molecular formula is C12H15ClN4OS. The predicted octanol–water partition coefficient (Wildman–Crippen LogP) is 2.85. The molecule has 102 valence electrons. The predicted molar refractivity (Wildman–Crippen MR) is 78.1 cm³/mol. The van der Waals surface area contributed by atoms with Crippen molar-refractivity contribution >= 4 is 28.6 Å². The van der Waals surface area contributed by atoms with Gasteiger partial charge in [-0.05, 0) is 20.8 Å². The zero-order chi connectivity index (χ0) is 14.0. The number of aromatic nitrogens is 3. The van der Waals surface area contributed by atoms with E-state index < -0.39 is 0 Å². The minimum Gasteiger partial charge on any atom is -0.377 e. The first-order valence-corrected chi connectivity index (χ1v) is 7.17. The monoisotopic (exact) mass is 298 g/mol. The maximum absolute atomic E-state index is 12.0. The summed E-state index contributed by atoms with van der Waals surface area (Å²) < 4.78 is 1.36. The first-order valence-electron chi connectivity index (χ1n) is 5.91. The van der Waals surface area contributed by atoms with Crippen molar-refractivity contribution in [2.75, 3.05) is 5.32 Å². The van der Waals surface area contributed by atoms with Crippen LogP contribution in [0.5, 0.6) is 0 Å². The summed E-state index contributed by atoms with van der Waals surface area (Å²) in [5, 5.41) is 10.3. The van der Waals surface area contributed by atoms with Crippen molar-refractivity contribution in [2.24, 2.45) is 0 Å². The molecule has 2 rings (SSSR count). The molecule has 1 N–H and O–H groups in total. The summed E-state index contributed by atoms with van der Waals surface area (Å²) in [7, 11) is 0. The number of halogens is 1. The highest BCUT2D eigenvalue weighted by atomic mass is 35.5. The van der Waals surface area contributed by atoms with Crippen molar-refractivity contribution in [3.63, 3.8) is 0 Å². The summed E-state index contributed by atoms with van der Waals surface area (Å²) in [6.45, 7) is 6.25. The summed E-state index contributed by atoms with van der Waals surface area (Å²) in [6, 6.07) is -0.0137. The first-order chi connectivity index (χ1) is 8.99. The molecule has 0 aromatic carbocycles. The average molecular weight is 299 g/mol. The van der Waals surface area contributed by atoms with Gasteiger partial charge >= 0.3 is 0 Å². The number of rotatable bonds is 4. The van der Waals surface area contributed by atoms with E-state index in [-0.39, 0.29) is 16.6 Å². The fourth-order valence-corrected chi connectivity index (χ4v) is 2.43. The summed E-state index contributed by atoms with van der Waals surface area (Å²) in [5.74, 6) is 0. The molecule has 0 radical (unpaired) electrons. The van der Waals surface area contributed by atoms with E-state index in [0.717, 1.165) is 10.7 Å². The molecule has 0 saturated carbocycles. The molecule has 2 heterocycles. The van der Waals surface area contributed by atoms with E-state index >= 15 is 0 Å². The highest BCUT2D eigenvalue weighted by Gasteiger charge is 2.11. The second kappa shape index (κ2) is 5.71. The molecule has 0 spiro atoms. The van der Waals surface area contributed by atoms with Crippen LogP contribution in [-0.2, 0) is 6.54 Å². The lowest BCUT2D eigenvalue weighted by molar-refractivity contribution is 0.503. The van der Waals surface area contributed by atoms with Crippen LogP contribution in [0.25, 0.3) is 0 Å². The van der Waals surface area contributed by atoms with Gasteiger partial charge in [0.1, 0.15) is 5.02 Å². The molecule has 0 bridgehead atoms. The number of hydrogen-bond donors (Lipinski definition) is 1. The van der Waals surface area contributed by atoms with Crippen molar-refractivity contribution in [1.82, 2.24) is 14.8 Å². The Balaban J connectivity index is 2.18. The topological polar surface area (TPSA) is 59.8 Å². The van der Waals surface area contributed by atoms with E-state index in [2.05, 4.69) is 15.4 Å². The van der Waals surface area contributed by atoms with Crippen LogP contribution < -0.4 is 10.9 Å². The number of aryl methyl sites for hydroxylation is 1. The number of nitrogens with one attached hydrogen (secondary N) is 1. The lowest BCUT2D eigenvalue weighted by Crippen LogP contribution is -2.25. The van der Waals surface area contributed by atoms with E-state index in [9.17, 15) is 4.79 Å². The minimum absolute atomic E-state index is 0.0137. The second-order valence-electron chi connectivity index (χ2n) is 4.43. The number of thiazole rings is 1. The van der Waals surface area contributed by atoms with Gasteiger partial charge in [-0.25, -0.2) is 9.67 Å². The van der Waals surface area contributed by atoms with Crippen molar-refractivity contribution in [3.8, 4) is 0 Å². The van der Waals surface area contributed by atoms with Crippen LogP contribution in [0.2, 0.25) is 5.02 Å². The molecule has 0 aliphatic heterocycles. The molecular weight excluding hydrogens is 284 g/mol. The van der Waals surface area contributed by atoms with Gasteiger partial charge in [0.15, 0.2) is 0 Å². The highest BCUT2D eigenvalue weighted by Crippen LogP contribution is 2.18. The Kier molecular flexibility index (Phi) is 4.21. The van der Waals surface area contributed by atoms with Gasteiger partial charge in [-0.1, -0.05) is 11.6 Å². The van der Waals surface area contributed by atoms with Crippen molar-refractivity contribution in [2.45, 2.75) is 33.4 Å². The standard InChI is InChI=1S/C12H15ClN4OS/c1-7(2)17-12(18)11(13)10(5-15-17)14-4-9-6-19-8(3)16-9/h5-7,14H,4H2,1-3H3. The Hall–Kier alpha value is -1.40. The van der Waals surface area contributed by atoms with E-state index in [0.29, 0.717) is 12.2 Å². The van der Waals surface area contributed by atoms with Crippen LogP contribution in [0, 0.1) is 6.92 Å². The van der Waals surface area contributed by atoms with Gasteiger partial charge in [-0.15, -0.1) is 11.3 Å². The molecule has 0 fully saturated rings. The van der Waals surface area contributed by atoms with Gasteiger partial charge < -0.3 is 5.32 Å². The third kappa shape index (κ3) is 3.13. The maximum atomic E-state index is 12.0. The third-order valence-electron chi connectivity index (χ3n) is 2.56. The molecule has 2 aromatic rings. The quantitative estimate of drug-likeness (QED) is 0.943. The van der Waals surface area contributed by atoms with E-state index in [1.807, 2.05) is 26.2 Å². The molecule has 0 unspecified atom stereocenters. The van der Waals surface area contributed by atoms with Gasteiger partial charge in [0.05, 0.1) is 35.2 Å². The van der Waals surface area contributed by atoms with Crippen LogP contribution in [0.1, 0.15) is 30.6 Å². The Morgan fingerprint density at radius 2 is 2.26 bits per heavy atom. The summed E-state index contributed by atoms with van der Waals surface area (Å²) >= 11 is 7.65. The number of nitrogens with zero attached hydrogens (tertiary/aromatic N) is 3. The Labute approximate surface area is 120 Å². The molecule has 0 saturated heterocycles. The zero-order valence-corrected chi connectivity index (χ0v) is 12.5. The largest absolute Gasteiger partial charge is 0.377 e. The summed E-state index contributed by atoms with van der Waals surface area (Å²) in [6.07, 6.45) is 1.57. The fraction of sp³-hybridized carbons (Fsp3) is 0.417. The van der Waals surface area contributed by atoms with Gasteiger partial charge in [0.2, 0.25) is 0 Å². The lowest BCUT2D eigenvalue weighted by Gasteiger charge is -2.11. The van der Waals surface area contributed by atoms with Crippen LogP contribution in [0.15, 0.2) is 16.4 Å². The van der Waals surface area contributed by atoms with Gasteiger partial charge in [0.25, 0.3) is 5.56 Å². The third-order valence-corrected chi connectivity index (χ3v) is 3.75. The Morgan fingerprint density at radius 3 is 2.84 bits per heavy atom. The lowest BCUT2D eigenvalue weighted by atomic mass is 10.3. The average Bonchev–Trinajstić information content (AvgIpc) is 2.76. The molecule has 0 atom stereocenters. The zero-order valence-electron chi connectivity index (χ0n) is 11.0. The van der Waals surface area contributed by atoms with E-state index in [1.54, 1.807) is 17.5 Å². The maximum Gasteiger partial charge on any atom is 0.287 e. The molecule has 19 heavy (non-hydrogen) atoms. The van der Waals surface area contributed by atoms with Crippen LogP contribution in [-0.4, -0.2) is 14.8 Å². The summed E-state index contributed by atoms with van der Waals surface area (Å²) in [4.78, 5) is 16.3. The van der Waals surface area contributed by atoms with Gasteiger partial charge in [-0.2, -0.15) is 5.10 Å². The van der Waals surface area contributed by atoms with Crippen molar-refractivity contribution in [3.05, 3.63) is 37.7 Å². The number of hydrogen-bond acceptors (Lipinski definition) is 5. The molecule has 5 nitrogen and oxygen atoms in total. The molecule has 7 heteroatoms. The van der Waals surface area contributed by atoms with Crippen molar-refractivity contribution < 1.29 is 0 Å². The van der Waals surface area contributed by atoms with Gasteiger partial charge in [-0.3, -0.25) is 4.79 Å². The second-order valence-corrected chi connectivity index (χ2v) is 5.87. The van der Waals surface area contributed by atoms with Gasteiger partial charge in [0, 0.05) is 5.38 Å². The summed E-state index contributed by atoms with van der Waals surface area (Å²) in [5.41, 5.74) is 1.18. The van der Waals surface area contributed by atoms with Crippen molar-refractivity contribution in [1.29, 1.82) is 0 Å².